The molecule has 5 N–H and O–H groups in total. The van der Waals surface area contributed by atoms with Gasteiger partial charge >= 0.3 is 0 Å². The molecule has 200 valence electrons. The summed E-state index contributed by atoms with van der Waals surface area (Å²) < 4.78 is 0. The molecular formula is C25H28N6O7. The predicted molar refractivity (Wildman–Crippen MR) is 133 cm³/mol. The van der Waals surface area contributed by atoms with Crippen LogP contribution in [0.3, 0.4) is 0 Å². The molecule has 38 heavy (non-hydrogen) atoms. The van der Waals surface area contributed by atoms with E-state index in [0.29, 0.717) is 6.29 Å². The van der Waals surface area contributed by atoms with Crippen LogP contribution in [-0.4, -0.2) is 95.8 Å². The molecule has 0 unspecified atom stereocenters. The van der Waals surface area contributed by atoms with E-state index in [0.717, 1.165) is 22.6 Å². The zero-order chi connectivity index (χ0) is 27.7. The maximum atomic E-state index is 13.1. The van der Waals surface area contributed by atoms with E-state index >= 15 is 0 Å². The number of nitrogens with one attached hydrogen (secondary N) is 3. The summed E-state index contributed by atoms with van der Waals surface area (Å²) in [4.78, 5) is 86.4. The van der Waals surface area contributed by atoms with E-state index in [1.54, 1.807) is 36.4 Å². The fraction of sp³-hybridized carbons (Fsp3) is 0.320. The van der Waals surface area contributed by atoms with Gasteiger partial charge < -0.3 is 31.4 Å². The Balaban J connectivity index is 1.49. The SMILES string of the molecule is N[C@@H](CNC(=O)CN1C(=O)C=CC1=O)C(=O)NCC(=O)N[C@@H](Cc1ccccc1)C(=O)N1CC=C[C@H]1C=O. The summed E-state index contributed by atoms with van der Waals surface area (Å²) in [6, 6.07) is 6.08. The Morgan fingerprint density at radius 2 is 1.71 bits per heavy atom. The monoisotopic (exact) mass is 524 g/mol. The third-order valence-electron chi connectivity index (χ3n) is 5.82. The van der Waals surface area contributed by atoms with Crippen molar-refractivity contribution in [1.82, 2.24) is 25.8 Å². The summed E-state index contributed by atoms with van der Waals surface area (Å²) in [6.07, 6.45) is 6.19. The van der Waals surface area contributed by atoms with Crippen LogP contribution in [0.25, 0.3) is 0 Å². The van der Waals surface area contributed by atoms with Crippen LogP contribution in [0, 0.1) is 0 Å². The Kier molecular flexibility index (Phi) is 9.60. The van der Waals surface area contributed by atoms with Crippen LogP contribution in [0.5, 0.6) is 0 Å². The molecule has 13 heteroatoms. The molecule has 1 aromatic carbocycles. The highest BCUT2D eigenvalue weighted by atomic mass is 16.2. The number of nitrogens with zero attached hydrogens (tertiary/aromatic N) is 2. The second kappa shape index (κ2) is 13.1. The predicted octanol–water partition coefficient (Wildman–Crippen LogP) is -2.84. The molecule has 6 amide bonds. The number of aldehydes is 1. The van der Waals surface area contributed by atoms with Crippen LogP contribution < -0.4 is 21.7 Å². The van der Waals surface area contributed by atoms with Gasteiger partial charge in [-0.1, -0.05) is 42.5 Å². The largest absolute Gasteiger partial charge is 0.352 e. The molecule has 1 aromatic rings. The van der Waals surface area contributed by atoms with Gasteiger partial charge in [-0.3, -0.25) is 33.7 Å². The van der Waals surface area contributed by atoms with Crippen molar-refractivity contribution in [2.75, 3.05) is 26.2 Å². The first-order chi connectivity index (χ1) is 18.2. The zero-order valence-electron chi connectivity index (χ0n) is 20.4. The molecule has 0 saturated carbocycles. The van der Waals surface area contributed by atoms with Crippen molar-refractivity contribution in [2.24, 2.45) is 5.73 Å². The number of benzene rings is 1. The number of amides is 6. The molecule has 3 rings (SSSR count). The Morgan fingerprint density at radius 3 is 2.37 bits per heavy atom. The first-order valence-electron chi connectivity index (χ1n) is 11.8. The summed E-state index contributed by atoms with van der Waals surface area (Å²) in [5.74, 6) is -3.78. The highest BCUT2D eigenvalue weighted by molar-refractivity contribution is 6.14. The average Bonchev–Trinajstić information content (AvgIpc) is 3.52. The van der Waals surface area contributed by atoms with Crippen LogP contribution in [0.4, 0.5) is 0 Å². The first-order valence-corrected chi connectivity index (χ1v) is 11.8. The van der Waals surface area contributed by atoms with Crippen LogP contribution in [0.15, 0.2) is 54.6 Å². The number of nitrogens with two attached hydrogens (primary N) is 1. The number of imide groups is 1. The van der Waals surface area contributed by atoms with Crippen LogP contribution in [0.2, 0.25) is 0 Å². The normalized spacial score (nSPS) is 17.8. The first kappa shape index (κ1) is 27.9. The lowest BCUT2D eigenvalue weighted by atomic mass is 10.0. The fourth-order valence-corrected chi connectivity index (χ4v) is 3.79. The van der Waals surface area contributed by atoms with Crippen molar-refractivity contribution in [3.63, 3.8) is 0 Å². The minimum atomic E-state index is -1.22. The van der Waals surface area contributed by atoms with Crippen molar-refractivity contribution in [1.29, 1.82) is 0 Å². The van der Waals surface area contributed by atoms with Gasteiger partial charge in [0.25, 0.3) is 11.8 Å². The maximum Gasteiger partial charge on any atom is 0.254 e. The molecule has 0 spiro atoms. The minimum absolute atomic E-state index is 0.171. The Morgan fingerprint density at radius 1 is 1.03 bits per heavy atom. The van der Waals surface area contributed by atoms with E-state index in [4.69, 9.17) is 5.73 Å². The zero-order valence-corrected chi connectivity index (χ0v) is 20.4. The summed E-state index contributed by atoms with van der Waals surface area (Å²) in [7, 11) is 0. The maximum absolute atomic E-state index is 13.1. The van der Waals surface area contributed by atoms with E-state index in [2.05, 4.69) is 16.0 Å². The molecule has 2 aliphatic rings. The molecule has 0 radical (unpaired) electrons. The van der Waals surface area contributed by atoms with Crippen molar-refractivity contribution in [2.45, 2.75) is 24.5 Å². The van der Waals surface area contributed by atoms with E-state index in [1.165, 1.54) is 4.90 Å². The standard InChI is InChI=1S/C25H28N6O7/c26-18(12-27-21(34)14-31-22(35)8-9-23(31)36)24(37)28-13-20(33)29-19(11-16-5-2-1-3-6-16)25(38)30-10-4-7-17(30)15-32/h1-9,15,17-19H,10-14,26H2,(H,27,34)(H,28,37)(H,29,33)/t17-,18-,19-/m0/s1. The lowest BCUT2D eigenvalue weighted by Gasteiger charge is -2.27. The molecule has 2 heterocycles. The van der Waals surface area contributed by atoms with Crippen molar-refractivity contribution in [3.05, 3.63) is 60.2 Å². The molecule has 0 bridgehead atoms. The molecule has 0 saturated heterocycles. The van der Waals surface area contributed by atoms with Gasteiger partial charge in [-0.15, -0.1) is 0 Å². The van der Waals surface area contributed by atoms with E-state index < -0.39 is 66.7 Å². The van der Waals surface area contributed by atoms with Crippen molar-refractivity contribution >= 4 is 41.7 Å². The third-order valence-corrected chi connectivity index (χ3v) is 5.82. The molecule has 13 nitrogen and oxygen atoms in total. The summed E-state index contributed by atoms with van der Waals surface area (Å²) in [6.45, 7) is -1.08. The van der Waals surface area contributed by atoms with Crippen LogP contribution in [0.1, 0.15) is 5.56 Å². The number of rotatable bonds is 12. The second-order valence-corrected chi connectivity index (χ2v) is 8.58. The van der Waals surface area contributed by atoms with Gasteiger partial charge in [0.2, 0.25) is 23.6 Å². The smallest absolute Gasteiger partial charge is 0.254 e. The topological polar surface area (TPSA) is 188 Å². The van der Waals surface area contributed by atoms with E-state index in [1.807, 2.05) is 6.07 Å². The number of hydrogen-bond acceptors (Lipinski definition) is 8. The second-order valence-electron chi connectivity index (χ2n) is 8.58. The fourth-order valence-electron chi connectivity index (χ4n) is 3.79. The van der Waals surface area contributed by atoms with Gasteiger partial charge in [0.1, 0.15) is 31.0 Å². The molecule has 0 fully saturated rings. The molecule has 2 aliphatic heterocycles. The highest BCUT2D eigenvalue weighted by Crippen LogP contribution is 2.13. The minimum Gasteiger partial charge on any atom is -0.352 e. The highest BCUT2D eigenvalue weighted by Gasteiger charge is 2.31. The number of carbonyl (C=O) groups excluding carboxylic acids is 7. The van der Waals surface area contributed by atoms with Gasteiger partial charge in [-0.25, -0.2) is 0 Å². The van der Waals surface area contributed by atoms with E-state index in [-0.39, 0.29) is 19.5 Å². The Hall–Kier alpha value is -4.65. The molecular weight excluding hydrogens is 496 g/mol. The van der Waals surface area contributed by atoms with Gasteiger partial charge in [0.15, 0.2) is 0 Å². The molecule has 0 aromatic heterocycles. The lowest BCUT2D eigenvalue weighted by molar-refractivity contribution is -0.141. The van der Waals surface area contributed by atoms with Gasteiger partial charge in [0.05, 0.1) is 6.54 Å². The van der Waals surface area contributed by atoms with Crippen molar-refractivity contribution < 1.29 is 33.6 Å². The summed E-state index contributed by atoms with van der Waals surface area (Å²) in [5.41, 5.74) is 6.55. The van der Waals surface area contributed by atoms with E-state index in [9.17, 15) is 33.6 Å². The lowest BCUT2D eigenvalue weighted by Crippen LogP contribution is -2.54. The Labute approximate surface area is 218 Å². The summed E-state index contributed by atoms with van der Waals surface area (Å²) in [5, 5.41) is 7.30. The van der Waals surface area contributed by atoms with Gasteiger partial charge in [-0.2, -0.15) is 0 Å². The average molecular weight is 525 g/mol. The molecule has 3 atom stereocenters. The van der Waals surface area contributed by atoms with Crippen molar-refractivity contribution in [3.8, 4) is 0 Å². The quantitative estimate of drug-likeness (QED) is 0.128. The Bertz CT molecular complexity index is 1150. The van der Waals surface area contributed by atoms with Crippen LogP contribution in [-0.2, 0) is 40.0 Å². The third kappa shape index (κ3) is 7.43. The van der Waals surface area contributed by atoms with Crippen LogP contribution >= 0.6 is 0 Å². The number of carbonyl (C=O) groups is 7. The number of hydrogen-bond donors (Lipinski definition) is 4. The molecule has 0 aliphatic carbocycles. The summed E-state index contributed by atoms with van der Waals surface area (Å²) >= 11 is 0. The van der Waals surface area contributed by atoms with Gasteiger partial charge in [-0.05, 0) is 5.56 Å². The van der Waals surface area contributed by atoms with Gasteiger partial charge in [0, 0.05) is 31.7 Å².